The van der Waals surface area contributed by atoms with Crippen LogP contribution in [0.2, 0.25) is 10.0 Å². The van der Waals surface area contributed by atoms with Crippen molar-refractivity contribution in [3.63, 3.8) is 0 Å². The van der Waals surface area contributed by atoms with Gasteiger partial charge in [0, 0.05) is 5.56 Å². The summed E-state index contributed by atoms with van der Waals surface area (Å²) in [5.74, 6) is -0.232. The van der Waals surface area contributed by atoms with Crippen molar-refractivity contribution in [1.82, 2.24) is 0 Å². The molecule has 4 N–H and O–H groups in total. The minimum Gasteiger partial charge on any atom is -0.385 e. The summed E-state index contributed by atoms with van der Waals surface area (Å²) in [5, 5.41) is 11.1. The van der Waals surface area contributed by atoms with Crippen LogP contribution in [0.5, 0.6) is 0 Å². The van der Waals surface area contributed by atoms with Crippen molar-refractivity contribution in [3.8, 4) is 0 Å². The number of nitrogens with zero attached hydrogens (tertiary/aromatic N) is 1. The fourth-order valence-electron chi connectivity index (χ4n) is 1.04. The van der Waals surface area contributed by atoms with Gasteiger partial charge in [0.2, 0.25) is 0 Å². The zero-order valence-electron chi connectivity index (χ0n) is 7.09. The number of halogens is 2. The third-order valence-electron chi connectivity index (χ3n) is 1.70. The summed E-state index contributed by atoms with van der Waals surface area (Å²) >= 11 is 11.7. The molecule has 0 aromatic heterocycles. The van der Waals surface area contributed by atoms with Crippen molar-refractivity contribution in [1.29, 1.82) is 10.9 Å². The average Bonchev–Trinajstić information content (AvgIpc) is 2.13. The minimum absolute atomic E-state index is 0.232. The van der Waals surface area contributed by atoms with E-state index in [1.807, 2.05) is 0 Å². The molecule has 0 aliphatic heterocycles. The Morgan fingerprint density at radius 2 is 2.07 bits per heavy atom. The van der Waals surface area contributed by atoms with Gasteiger partial charge >= 0.3 is 0 Å². The van der Waals surface area contributed by atoms with Gasteiger partial charge in [-0.1, -0.05) is 35.3 Å². The molecule has 0 aliphatic rings. The first-order valence-corrected chi connectivity index (χ1v) is 4.48. The van der Waals surface area contributed by atoms with Crippen LogP contribution in [0.3, 0.4) is 0 Å². The first kappa shape index (κ1) is 10.9. The van der Waals surface area contributed by atoms with Crippen molar-refractivity contribution in [2.75, 3.05) is 0 Å². The molecule has 1 atom stereocenters. The van der Waals surface area contributed by atoms with E-state index < -0.39 is 6.04 Å². The van der Waals surface area contributed by atoms with Crippen LogP contribution < -0.4 is 5.73 Å². The van der Waals surface area contributed by atoms with Gasteiger partial charge in [0.15, 0.2) is 6.04 Å². The largest absolute Gasteiger partial charge is 0.385 e. The lowest BCUT2D eigenvalue weighted by Crippen LogP contribution is -2.18. The number of nitrogens with two attached hydrogens (primary N) is 1. The standard InChI is InChI=1S/C8H8Cl2N4/c9-5-3-1-2-4(6(5)10)7(14-13)8(11)12/h1-3,7,13H,(H3,11,12). The van der Waals surface area contributed by atoms with E-state index in [4.69, 9.17) is 39.9 Å². The van der Waals surface area contributed by atoms with E-state index in [-0.39, 0.29) is 10.9 Å². The molecule has 0 heterocycles. The molecule has 0 fully saturated rings. The smallest absolute Gasteiger partial charge is 0.153 e. The fraction of sp³-hybridized carbons (Fsp3) is 0.125. The molecule has 0 spiro atoms. The molecular formula is C8H8Cl2N4. The molecule has 0 aliphatic carbocycles. The van der Waals surface area contributed by atoms with Gasteiger partial charge in [-0.3, -0.25) is 5.41 Å². The van der Waals surface area contributed by atoms with Crippen LogP contribution in [0, 0.1) is 10.9 Å². The normalized spacial score (nSPS) is 12.1. The number of rotatable bonds is 3. The molecule has 1 rings (SSSR count). The maximum Gasteiger partial charge on any atom is 0.153 e. The second-order valence-corrected chi connectivity index (χ2v) is 3.42. The van der Waals surface area contributed by atoms with Crippen LogP contribution in [0.25, 0.3) is 0 Å². The monoisotopic (exact) mass is 230 g/mol. The predicted octanol–water partition coefficient (Wildman–Crippen LogP) is 3.00. The Balaban J connectivity index is 3.23. The first-order chi connectivity index (χ1) is 6.57. The van der Waals surface area contributed by atoms with E-state index in [0.717, 1.165) is 0 Å². The van der Waals surface area contributed by atoms with E-state index in [9.17, 15) is 0 Å². The van der Waals surface area contributed by atoms with Gasteiger partial charge in [-0.25, -0.2) is 5.53 Å². The Morgan fingerprint density at radius 3 is 2.57 bits per heavy atom. The first-order valence-electron chi connectivity index (χ1n) is 3.72. The summed E-state index contributed by atoms with van der Waals surface area (Å²) in [6.07, 6.45) is 0. The van der Waals surface area contributed by atoms with Crippen molar-refractivity contribution < 1.29 is 0 Å². The average molecular weight is 231 g/mol. The zero-order valence-corrected chi connectivity index (χ0v) is 8.60. The molecule has 6 heteroatoms. The topological polar surface area (TPSA) is 86.1 Å². The second-order valence-electron chi connectivity index (χ2n) is 2.63. The van der Waals surface area contributed by atoms with Crippen LogP contribution >= 0.6 is 23.2 Å². The summed E-state index contributed by atoms with van der Waals surface area (Å²) in [7, 11) is 0. The van der Waals surface area contributed by atoms with E-state index in [2.05, 4.69) is 5.11 Å². The van der Waals surface area contributed by atoms with Crippen molar-refractivity contribution in [2.24, 2.45) is 10.8 Å². The lowest BCUT2D eigenvalue weighted by atomic mass is 10.1. The van der Waals surface area contributed by atoms with Crippen molar-refractivity contribution in [2.45, 2.75) is 6.04 Å². The van der Waals surface area contributed by atoms with E-state index in [0.29, 0.717) is 10.6 Å². The molecule has 4 nitrogen and oxygen atoms in total. The molecule has 0 amide bonds. The quantitative estimate of drug-likeness (QED) is 0.416. The van der Waals surface area contributed by atoms with Gasteiger partial charge < -0.3 is 5.73 Å². The predicted molar refractivity (Wildman–Crippen MR) is 56.3 cm³/mol. The van der Waals surface area contributed by atoms with Gasteiger partial charge in [-0.2, -0.15) is 5.11 Å². The molecule has 1 aromatic rings. The molecule has 14 heavy (non-hydrogen) atoms. The number of amidine groups is 1. The molecule has 74 valence electrons. The highest BCUT2D eigenvalue weighted by molar-refractivity contribution is 6.42. The Morgan fingerprint density at radius 1 is 1.43 bits per heavy atom. The summed E-state index contributed by atoms with van der Waals surface area (Å²) < 4.78 is 0. The van der Waals surface area contributed by atoms with Gasteiger partial charge in [0.25, 0.3) is 0 Å². The van der Waals surface area contributed by atoms with Crippen LogP contribution in [-0.4, -0.2) is 5.84 Å². The number of nitrogens with one attached hydrogen (secondary N) is 2. The van der Waals surface area contributed by atoms with Crippen LogP contribution in [0.15, 0.2) is 23.3 Å². The highest BCUT2D eigenvalue weighted by atomic mass is 35.5. The summed E-state index contributed by atoms with van der Waals surface area (Å²) in [5.41, 5.74) is 12.6. The van der Waals surface area contributed by atoms with Crippen LogP contribution in [-0.2, 0) is 0 Å². The molecule has 0 radical (unpaired) electrons. The van der Waals surface area contributed by atoms with Crippen LogP contribution in [0.4, 0.5) is 0 Å². The molecule has 0 saturated carbocycles. The zero-order chi connectivity index (χ0) is 10.7. The Hall–Kier alpha value is -1.13. The SMILES string of the molecule is N=NC(C(=N)N)c1cccc(Cl)c1Cl. The molecule has 0 saturated heterocycles. The van der Waals surface area contributed by atoms with Gasteiger partial charge in [0.1, 0.15) is 5.84 Å². The third kappa shape index (κ3) is 2.02. The number of hydrogen-bond acceptors (Lipinski definition) is 3. The van der Waals surface area contributed by atoms with Crippen LogP contribution in [0.1, 0.15) is 11.6 Å². The maximum absolute atomic E-state index is 7.22. The fourth-order valence-corrected chi connectivity index (χ4v) is 1.45. The van der Waals surface area contributed by atoms with E-state index >= 15 is 0 Å². The van der Waals surface area contributed by atoms with Gasteiger partial charge in [-0.15, -0.1) is 0 Å². The second kappa shape index (κ2) is 4.39. The molecular weight excluding hydrogens is 223 g/mol. The third-order valence-corrected chi connectivity index (χ3v) is 2.53. The Bertz CT molecular complexity index is 378. The van der Waals surface area contributed by atoms with Crippen molar-refractivity contribution in [3.05, 3.63) is 33.8 Å². The Kier molecular flexibility index (Phi) is 3.43. The summed E-state index contributed by atoms with van der Waals surface area (Å²) in [6, 6.07) is 4.08. The Labute approximate surface area is 91.0 Å². The van der Waals surface area contributed by atoms with Gasteiger partial charge in [-0.05, 0) is 6.07 Å². The summed E-state index contributed by atoms with van der Waals surface area (Å²) in [6.45, 7) is 0. The molecule has 1 aromatic carbocycles. The van der Waals surface area contributed by atoms with Gasteiger partial charge in [0.05, 0.1) is 10.0 Å². The number of hydrogen-bond donors (Lipinski definition) is 3. The minimum atomic E-state index is -0.846. The maximum atomic E-state index is 7.22. The lowest BCUT2D eigenvalue weighted by molar-refractivity contribution is 0.826. The highest BCUT2D eigenvalue weighted by Crippen LogP contribution is 2.31. The highest BCUT2D eigenvalue weighted by Gasteiger charge is 2.17. The number of benzene rings is 1. The molecule has 1 unspecified atom stereocenters. The van der Waals surface area contributed by atoms with E-state index in [1.54, 1.807) is 18.2 Å². The van der Waals surface area contributed by atoms with E-state index in [1.165, 1.54) is 0 Å². The lowest BCUT2D eigenvalue weighted by Gasteiger charge is -2.11. The van der Waals surface area contributed by atoms with Crippen molar-refractivity contribution >= 4 is 29.0 Å². The summed E-state index contributed by atoms with van der Waals surface area (Å²) in [4.78, 5) is 0. The molecule has 0 bridgehead atoms.